The Bertz CT molecular complexity index is 473. The number of halogens is 3. The third kappa shape index (κ3) is 3.07. The van der Waals surface area contributed by atoms with Crippen molar-refractivity contribution in [2.45, 2.75) is 13.1 Å². The first-order chi connectivity index (χ1) is 8.89. The first-order valence-electron chi connectivity index (χ1n) is 6.07. The summed E-state index contributed by atoms with van der Waals surface area (Å²) in [5.74, 6) is -0.534. The van der Waals surface area contributed by atoms with E-state index in [1.165, 1.54) is 18.2 Å². The number of hydrogen-bond acceptors (Lipinski definition) is 2. The molecule has 1 saturated heterocycles. The Morgan fingerprint density at radius 3 is 2.58 bits per heavy atom. The highest BCUT2D eigenvalue weighted by Crippen LogP contribution is 2.35. The average Bonchev–Trinajstić information content (AvgIpc) is 2.75. The Hall–Kier alpha value is -1.56. The van der Waals surface area contributed by atoms with Gasteiger partial charge in [0, 0.05) is 6.54 Å². The van der Waals surface area contributed by atoms with Crippen molar-refractivity contribution >= 4 is 11.6 Å². The summed E-state index contributed by atoms with van der Waals surface area (Å²) in [5.41, 5.74) is -0.999. The molecule has 1 aromatic carbocycles. The normalized spacial score (nSPS) is 23.4. The predicted molar refractivity (Wildman–Crippen MR) is 65.6 cm³/mol. The lowest BCUT2D eigenvalue weighted by atomic mass is 9.97. The maximum absolute atomic E-state index is 12.8. The van der Waals surface area contributed by atoms with Crippen LogP contribution in [0.1, 0.15) is 12.5 Å². The van der Waals surface area contributed by atoms with Crippen molar-refractivity contribution in [3.63, 3.8) is 0 Å². The van der Waals surface area contributed by atoms with Crippen LogP contribution in [0, 0.1) is 11.8 Å². The summed E-state index contributed by atoms with van der Waals surface area (Å²) in [5, 5.41) is 5.44. The van der Waals surface area contributed by atoms with Gasteiger partial charge in [0.2, 0.25) is 5.91 Å². The zero-order chi connectivity index (χ0) is 14.0. The molecule has 0 saturated carbocycles. The van der Waals surface area contributed by atoms with Crippen LogP contribution in [0.15, 0.2) is 24.3 Å². The number of amides is 1. The highest BCUT2D eigenvalue weighted by molar-refractivity contribution is 5.93. The molecule has 0 aliphatic carbocycles. The fourth-order valence-corrected chi connectivity index (χ4v) is 2.23. The van der Waals surface area contributed by atoms with Gasteiger partial charge in [0.15, 0.2) is 0 Å². The van der Waals surface area contributed by atoms with Crippen LogP contribution in [0.3, 0.4) is 0 Å². The molecule has 1 aromatic rings. The second kappa shape index (κ2) is 5.21. The van der Waals surface area contributed by atoms with E-state index in [2.05, 4.69) is 10.6 Å². The lowest BCUT2D eigenvalue weighted by Gasteiger charge is -2.17. The largest absolute Gasteiger partial charge is 0.418 e. The molecule has 1 aliphatic rings. The number of benzene rings is 1. The second-order valence-electron chi connectivity index (χ2n) is 4.77. The number of nitrogens with one attached hydrogen (secondary N) is 2. The molecule has 2 atom stereocenters. The van der Waals surface area contributed by atoms with Gasteiger partial charge >= 0.3 is 6.18 Å². The Labute approximate surface area is 109 Å². The molecular formula is C13H15F3N2O. The Kier molecular flexibility index (Phi) is 3.80. The van der Waals surface area contributed by atoms with E-state index in [0.29, 0.717) is 13.1 Å². The van der Waals surface area contributed by atoms with Crippen molar-refractivity contribution in [1.29, 1.82) is 0 Å². The molecule has 0 bridgehead atoms. The smallest absolute Gasteiger partial charge is 0.325 e. The lowest BCUT2D eigenvalue weighted by molar-refractivity contribution is -0.137. The van der Waals surface area contributed by atoms with Crippen LogP contribution in [-0.2, 0) is 11.0 Å². The fraction of sp³-hybridized carbons (Fsp3) is 0.462. The van der Waals surface area contributed by atoms with Crippen LogP contribution in [0.4, 0.5) is 18.9 Å². The monoisotopic (exact) mass is 272 g/mol. The molecule has 1 amide bonds. The van der Waals surface area contributed by atoms with Crippen LogP contribution in [0.5, 0.6) is 0 Å². The van der Waals surface area contributed by atoms with Gasteiger partial charge in [-0.25, -0.2) is 0 Å². The van der Waals surface area contributed by atoms with E-state index in [4.69, 9.17) is 0 Å². The molecule has 104 valence electrons. The van der Waals surface area contributed by atoms with Crippen molar-refractivity contribution < 1.29 is 18.0 Å². The second-order valence-corrected chi connectivity index (χ2v) is 4.77. The van der Waals surface area contributed by atoms with E-state index in [1.807, 2.05) is 6.92 Å². The van der Waals surface area contributed by atoms with Crippen molar-refractivity contribution in [2.75, 3.05) is 18.4 Å². The molecule has 19 heavy (non-hydrogen) atoms. The molecule has 3 nitrogen and oxygen atoms in total. The van der Waals surface area contributed by atoms with Gasteiger partial charge in [0.1, 0.15) is 0 Å². The van der Waals surface area contributed by atoms with Crippen molar-refractivity contribution in [1.82, 2.24) is 5.32 Å². The average molecular weight is 272 g/mol. The highest BCUT2D eigenvalue weighted by atomic mass is 19.4. The van der Waals surface area contributed by atoms with Crippen LogP contribution in [0.25, 0.3) is 0 Å². The van der Waals surface area contributed by atoms with Crippen LogP contribution >= 0.6 is 0 Å². The molecule has 0 radical (unpaired) electrons. The van der Waals surface area contributed by atoms with Crippen molar-refractivity contribution in [3.05, 3.63) is 29.8 Å². The molecular weight excluding hydrogens is 257 g/mol. The molecule has 1 heterocycles. The van der Waals surface area contributed by atoms with Crippen molar-refractivity contribution in [3.8, 4) is 0 Å². The van der Waals surface area contributed by atoms with E-state index in [-0.39, 0.29) is 23.4 Å². The van der Waals surface area contributed by atoms with Gasteiger partial charge in [-0.05, 0) is 24.6 Å². The number of rotatable bonds is 2. The summed E-state index contributed by atoms with van der Waals surface area (Å²) < 4.78 is 38.4. The molecule has 1 aliphatic heterocycles. The minimum Gasteiger partial charge on any atom is -0.325 e. The molecule has 0 aromatic heterocycles. The third-order valence-electron chi connectivity index (χ3n) is 3.34. The topological polar surface area (TPSA) is 41.1 Å². The summed E-state index contributed by atoms with van der Waals surface area (Å²) >= 11 is 0. The van der Waals surface area contributed by atoms with E-state index < -0.39 is 11.7 Å². The summed E-state index contributed by atoms with van der Waals surface area (Å²) in [4.78, 5) is 12.0. The van der Waals surface area contributed by atoms with E-state index in [1.54, 1.807) is 0 Å². The van der Waals surface area contributed by atoms with Gasteiger partial charge in [-0.1, -0.05) is 19.1 Å². The number of para-hydroxylation sites is 1. The van der Waals surface area contributed by atoms with Gasteiger partial charge in [-0.2, -0.15) is 13.2 Å². The zero-order valence-corrected chi connectivity index (χ0v) is 10.4. The van der Waals surface area contributed by atoms with E-state index >= 15 is 0 Å². The van der Waals surface area contributed by atoms with Gasteiger partial charge in [-0.3, -0.25) is 4.79 Å². The Morgan fingerprint density at radius 2 is 2.00 bits per heavy atom. The van der Waals surface area contributed by atoms with E-state index in [0.717, 1.165) is 6.07 Å². The Balaban J connectivity index is 2.17. The molecule has 2 rings (SSSR count). The van der Waals surface area contributed by atoms with E-state index in [9.17, 15) is 18.0 Å². The van der Waals surface area contributed by atoms with Gasteiger partial charge in [0.05, 0.1) is 17.2 Å². The summed E-state index contributed by atoms with van der Waals surface area (Å²) in [6.07, 6.45) is -4.47. The molecule has 2 N–H and O–H groups in total. The first-order valence-corrected chi connectivity index (χ1v) is 6.07. The van der Waals surface area contributed by atoms with Gasteiger partial charge in [-0.15, -0.1) is 0 Å². The number of carbonyl (C=O) groups excluding carboxylic acids is 1. The number of carbonyl (C=O) groups is 1. The maximum Gasteiger partial charge on any atom is 0.418 e. The quantitative estimate of drug-likeness (QED) is 0.868. The SMILES string of the molecule is CC1CNCC1C(=O)Nc1ccccc1C(F)(F)F. The maximum atomic E-state index is 12.8. The van der Waals surface area contributed by atoms with Crippen LogP contribution in [-0.4, -0.2) is 19.0 Å². The first kappa shape index (κ1) is 13.9. The van der Waals surface area contributed by atoms with Crippen LogP contribution < -0.4 is 10.6 Å². The minimum absolute atomic E-state index is 0.123. The van der Waals surface area contributed by atoms with Crippen molar-refractivity contribution in [2.24, 2.45) is 11.8 Å². The lowest BCUT2D eigenvalue weighted by Crippen LogP contribution is -2.28. The number of hydrogen-bond donors (Lipinski definition) is 2. The zero-order valence-electron chi connectivity index (χ0n) is 10.4. The molecule has 1 fully saturated rings. The predicted octanol–water partition coefficient (Wildman–Crippen LogP) is 2.50. The fourth-order valence-electron chi connectivity index (χ4n) is 2.23. The van der Waals surface area contributed by atoms with Gasteiger partial charge in [0.25, 0.3) is 0 Å². The number of anilines is 1. The summed E-state index contributed by atoms with van der Waals surface area (Å²) in [6, 6.07) is 5.01. The molecule has 2 unspecified atom stereocenters. The highest BCUT2D eigenvalue weighted by Gasteiger charge is 2.35. The minimum atomic E-state index is -4.47. The number of alkyl halides is 3. The molecule has 0 spiro atoms. The Morgan fingerprint density at radius 1 is 1.32 bits per heavy atom. The third-order valence-corrected chi connectivity index (χ3v) is 3.34. The van der Waals surface area contributed by atoms with Gasteiger partial charge < -0.3 is 10.6 Å². The van der Waals surface area contributed by atoms with Crippen LogP contribution in [0.2, 0.25) is 0 Å². The molecule has 6 heteroatoms. The summed E-state index contributed by atoms with van der Waals surface area (Å²) in [7, 11) is 0. The standard InChI is InChI=1S/C13H15F3N2O/c1-8-6-17-7-9(8)12(19)18-11-5-3-2-4-10(11)13(14,15)16/h2-5,8-9,17H,6-7H2,1H3,(H,18,19). The summed E-state index contributed by atoms with van der Waals surface area (Å²) in [6.45, 7) is 3.11.